The Labute approximate surface area is 69.1 Å². The molecular formula is C9H17NO. The standard InChI is InChI=1S/C9H17NO/c1-4-5-6-9(10)7-8(2)11-3/h1,8-9H,5-7,10H2,2-3H3. The first kappa shape index (κ1) is 10.5. The van der Waals surface area contributed by atoms with Gasteiger partial charge in [0.25, 0.3) is 0 Å². The van der Waals surface area contributed by atoms with E-state index in [1.165, 1.54) is 0 Å². The van der Waals surface area contributed by atoms with Crippen LogP contribution in [0.2, 0.25) is 0 Å². The molecule has 0 radical (unpaired) electrons. The van der Waals surface area contributed by atoms with Gasteiger partial charge in [-0.15, -0.1) is 12.3 Å². The minimum atomic E-state index is 0.181. The van der Waals surface area contributed by atoms with E-state index in [9.17, 15) is 0 Å². The number of methoxy groups -OCH3 is 1. The van der Waals surface area contributed by atoms with Crippen molar-refractivity contribution < 1.29 is 4.74 Å². The molecule has 2 atom stereocenters. The zero-order chi connectivity index (χ0) is 8.69. The van der Waals surface area contributed by atoms with Crippen LogP contribution in [0.1, 0.15) is 26.2 Å². The second-order valence-electron chi connectivity index (χ2n) is 2.78. The minimum absolute atomic E-state index is 0.181. The molecule has 2 N–H and O–H groups in total. The van der Waals surface area contributed by atoms with E-state index < -0.39 is 0 Å². The zero-order valence-electron chi connectivity index (χ0n) is 7.34. The Kier molecular flexibility index (Phi) is 5.91. The van der Waals surface area contributed by atoms with Crippen molar-refractivity contribution in [3.8, 4) is 12.3 Å². The van der Waals surface area contributed by atoms with Crippen molar-refractivity contribution in [2.45, 2.75) is 38.3 Å². The third kappa shape index (κ3) is 5.90. The van der Waals surface area contributed by atoms with Crippen LogP contribution >= 0.6 is 0 Å². The maximum Gasteiger partial charge on any atom is 0.0558 e. The first-order valence-electron chi connectivity index (χ1n) is 3.92. The Morgan fingerprint density at radius 3 is 2.73 bits per heavy atom. The molecule has 0 aromatic heterocycles. The summed E-state index contributed by atoms with van der Waals surface area (Å²) < 4.78 is 5.07. The van der Waals surface area contributed by atoms with E-state index in [0.717, 1.165) is 19.3 Å². The van der Waals surface area contributed by atoms with Gasteiger partial charge in [-0.3, -0.25) is 0 Å². The molecule has 0 saturated heterocycles. The van der Waals surface area contributed by atoms with Gasteiger partial charge in [0.15, 0.2) is 0 Å². The summed E-state index contributed by atoms with van der Waals surface area (Å²) in [5.74, 6) is 2.57. The Morgan fingerprint density at radius 2 is 2.27 bits per heavy atom. The van der Waals surface area contributed by atoms with Gasteiger partial charge in [-0.1, -0.05) is 0 Å². The van der Waals surface area contributed by atoms with E-state index in [-0.39, 0.29) is 12.1 Å². The van der Waals surface area contributed by atoms with Crippen LogP contribution in [-0.2, 0) is 4.74 Å². The molecule has 0 bridgehead atoms. The van der Waals surface area contributed by atoms with E-state index >= 15 is 0 Å². The van der Waals surface area contributed by atoms with Crippen molar-refractivity contribution in [2.75, 3.05) is 7.11 Å². The summed E-state index contributed by atoms with van der Waals surface area (Å²) >= 11 is 0. The van der Waals surface area contributed by atoms with E-state index in [4.69, 9.17) is 16.9 Å². The zero-order valence-corrected chi connectivity index (χ0v) is 7.34. The van der Waals surface area contributed by atoms with Gasteiger partial charge in [-0.2, -0.15) is 0 Å². The van der Waals surface area contributed by atoms with Crippen LogP contribution in [0.3, 0.4) is 0 Å². The topological polar surface area (TPSA) is 35.2 Å². The van der Waals surface area contributed by atoms with E-state index in [1.807, 2.05) is 6.92 Å². The second kappa shape index (κ2) is 6.21. The lowest BCUT2D eigenvalue weighted by Gasteiger charge is -2.14. The van der Waals surface area contributed by atoms with Gasteiger partial charge in [-0.05, 0) is 19.8 Å². The summed E-state index contributed by atoms with van der Waals surface area (Å²) in [7, 11) is 1.69. The largest absolute Gasteiger partial charge is 0.382 e. The summed E-state index contributed by atoms with van der Waals surface area (Å²) in [5, 5.41) is 0. The third-order valence-corrected chi connectivity index (χ3v) is 1.70. The van der Waals surface area contributed by atoms with Crippen LogP contribution in [0.4, 0.5) is 0 Å². The third-order valence-electron chi connectivity index (χ3n) is 1.70. The minimum Gasteiger partial charge on any atom is -0.382 e. The fourth-order valence-corrected chi connectivity index (χ4v) is 0.909. The molecule has 0 aliphatic heterocycles. The van der Waals surface area contributed by atoms with Crippen molar-refractivity contribution in [2.24, 2.45) is 5.73 Å². The molecule has 2 heteroatoms. The number of rotatable bonds is 5. The summed E-state index contributed by atoms with van der Waals surface area (Å²) in [5.41, 5.74) is 5.76. The molecule has 0 aromatic carbocycles. The lowest BCUT2D eigenvalue weighted by Crippen LogP contribution is -2.25. The van der Waals surface area contributed by atoms with Crippen molar-refractivity contribution in [1.82, 2.24) is 0 Å². The van der Waals surface area contributed by atoms with Gasteiger partial charge in [0.1, 0.15) is 0 Å². The van der Waals surface area contributed by atoms with Gasteiger partial charge in [0.05, 0.1) is 6.10 Å². The van der Waals surface area contributed by atoms with Crippen LogP contribution in [0.5, 0.6) is 0 Å². The molecule has 0 spiro atoms. The van der Waals surface area contributed by atoms with E-state index in [0.29, 0.717) is 0 Å². The van der Waals surface area contributed by atoms with Crippen molar-refractivity contribution in [3.05, 3.63) is 0 Å². The summed E-state index contributed by atoms with van der Waals surface area (Å²) in [6.45, 7) is 2.01. The fourth-order valence-electron chi connectivity index (χ4n) is 0.909. The molecule has 0 saturated carbocycles. The van der Waals surface area contributed by atoms with Crippen LogP contribution in [-0.4, -0.2) is 19.3 Å². The molecule has 0 aliphatic carbocycles. The highest BCUT2D eigenvalue weighted by atomic mass is 16.5. The number of terminal acetylenes is 1. The quantitative estimate of drug-likeness (QED) is 0.604. The van der Waals surface area contributed by atoms with Crippen molar-refractivity contribution in [3.63, 3.8) is 0 Å². The number of ether oxygens (including phenoxy) is 1. The van der Waals surface area contributed by atoms with Crippen LogP contribution in [0.15, 0.2) is 0 Å². The molecule has 11 heavy (non-hydrogen) atoms. The Hall–Kier alpha value is -0.520. The van der Waals surface area contributed by atoms with Crippen LogP contribution < -0.4 is 5.73 Å². The molecular weight excluding hydrogens is 138 g/mol. The highest BCUT2D eigenvalue weighted by Crippen LogP contribution is 2.03. The second-order valence-corrected chi connectivity index (χ2v) is 2.78. The average molecular weight is 155 g/mol. The van der Waals surface area contributed by atoms with Crippen molar-refractivity contribution >= 4 is 0 Å². The summed E-state index contributed by atoms with van der Waals surface area (Å²) in [6, 6.07) is 0.181. The molecule has 0 aliphatic rings. The molecule has 0 amide bonds. The normalized spacial score (nSPS) is 15.5. The summed E-state index contributed by atoms with van der Waals surface area (Å²) in [6.07, 6.45) is 7.88. The van der Waals surface area contributed by atoms with E-state index in [2.05, 4.69) is 5.92 Å². The van der Waals surface area contributed by atoms with Crippen molar-refractivity contribution in [1.29, 1.82) is 0 Å². The number of hydrogen-bond acceptors (Lipinski definition) is 2. The van der Waals surface area contributed by atoms with Gasteiger partial charge in [-0.25, -0.2) is 0 Å². The molecule has 64 valence electrons. The predicted octanol–water partition coefficient (Wildman–Crippen LogP) is 1.15. The maximum absolute atomic E-state index is 5.76. The highest BCUT2D eigenvalue weighted by molar-refractivity contribution is 4.85. The van der Waals surface area contributed by atoms with Crippen LogP contribution in [0, 0.1) is 12.3 Å². The first-order chi connectivity index (χ1) is 5.20. The average Bonchev–Trinajstić information content (AvgIpc) is 2.00. The fraction of sp³-hybridized carbons (Fsp3) is 0.778. The SMILES string of the molecule is C#CCCC(N)CC(C)OC. The molecule has 0 fully saturated rings. The van der Waals surface area contributed by atoms with E-state index in [1.54, 1.807) is 7.11 Å². The van der Waals surface area contributed by atoms with Gasteiger partial charge in [0.2, 0.25) is 0 Å². The lowest BCUT2D eigenvalue weighted by atomic mass is 10.1. The summed E-state index contributed by atoms with van der Waals surface area (Å²) in [4.78, 5) is 0. The van der Waals surface area contributed by atoms with Gasteiger partial charge < -0.3 is 10.5 Å². The predicted molar refractivity (Wildman–Crippen MR) is 47.1 cm³/mol. The molecule has 0 aromatic rings. The Bertz CT molecular complexity index is 128. The number of hydrogen-bond donors (Lipinski definition) is 1. The lowest BCUT2D eigenvalue weighted by molar-refractivity contribution is 0.104. The monoisotopic (exact) mass is 155 g/mol. The highest BCUT2D eigenvalue weighted by Gasteiger charge is 2.06. The number of nitrogens with two attached hydrogens (primary N) is 1. The molecule has 0 rings (SSSR count). The molecule has 2 nitrogen and oxygen atoms in total. The molecule has 0 heterocycles. The van der Waals surface area contributed by atoms with Gasteiger partial charge in [0, 0.05) is 19.6 Å². The van der Waals surface area contributed by atoms with Crippen LogP contribution in [0.25, 0.3) is 0 Å². The smallest absolute Gasteiger partial charge is 0.0558 e. The maximum atomic E-state index is 5.76. The Balaban J connectivity index is 3.37. The van der Waals surface area contributed by atoms with Gasteiger partial charge >= 0.3 is 0 Å². The molecule has 2 unspecified atom stereocenters. The first-order valence-corrected chi connectivity index (χ1v) is 3.92. The Morgan fingerprint density at radius 1 is 1.64 bits per heavy atom.